The monoisotopic (exact) mass is 371 g/mol. The minimum Gasteiger partial charge on any atom is -0.476 e. The zero-order chi connectivity index (χ0) is 19.3. The van der Waals surface area contributed by atoms with Crippen molar-refractivity contribution in [1.82, 2.24) is 0 Å². The average molecular weight is 371 g/mol. The van der Waals surface area contributed by atoms with Crippen LogP contribution in [0.15, 0.2) is 94.1 Å². The second-order valence-electron chi connectivity index (χ2n) is 6.22. The Morgan fingerprint density at radius 2 is 1.54 bits per heavy atom. The molecule has 1 amide bonds. The standard InChI is InChI=1S/C23H17NO4/c25-22(15-27-21-14-18-8-4-5-9-20(18)28-23(21)26)24-19-12-10-17(11-13-19)16-6-2-1-3-7-16/h1-14H,15H2,(H,24,25). The third kappa shape index (κ3) is 3.94. The van der Waals surface area contributed by atoms with Crippen molar-refractivity contribution in [3.8, 4) is 16.9 Å². The van der Waals surface area contributed by atoms with Gasteiger partial charge < -0.3 is 14.5 Å². The molecule has 0 aliphatic heterocycles. The molecule has 0 radical (unpaired) electrons. The molecule has 0 saturated heterocycles. The summed E-state index contributed by atoms with van der Waals surface area (Å²) < 4.78 is 10.5. The zero-order valence-electron chi connectivity index (χ0n) is 14.9. The third-order valence-corrected chi connectivity index (χ3v) is 4.24. The van der Waals surface area contributed by atoms with Gasteiger partial charge >= 0.3 is 5.63 Å². The van der Waals surface area contributed by atoms with E-state index in [1.54, 1.807) is 24.3 Å². The predicted octanol–water partition coefficient (Wildman–Crippen LogP) is 4.48. The first-order valence-corrected chi connectivity index (χ1v) is 8.80. The second kappa shape index (κ2) is 7.80. The molecule has 5 heteroatoms. The van der Waals surface area contributed by atoms with E-state index in [1.807, 2.05) is 60.7 Å². The van der Waals surface area contributed by atoms with Crippen molar-refractivity contribution in [2.24, 2.45) is 0 Å². The summed E-state index contributed by atoms with van der Waals surface area (Å²) in [4.78, 5) is 24.1. The molecule has 138 valence electrons. The van der Waals surface area contributed by atoms with Crippen molar-refractivity contribution < 1.29 is 13.9 Å². The molecule has 1 heterocycles. The van der Waals surface area contributed by atoms with Crippen LogP contribution in [-0.4, -0.2) is 12.5 Å². The van der Waals surface area contributed by atoms with Crippen LogP contribution in [0.2, 0.25) is 0 Å². The highest BCUT2D eigenvalue weighted by molar-refractivity contribution is 5.92. The highest BCUT2D eigenvalue weighted by Gasteiger charge is 2.09. The van der Waals surface area contributed by atoms with Crippen LogP contribution in [0.3, 0.4) is 0 Å². The Kier molecular flexibility index (Phi) is 4.89. The molecule has 0 atom stereocenters. The minimum absolute atomic E-state index is 0.00766. The van der Waals surface area contributed by atoms with E-state index in [9.17, 15) is 9.59 Å². The van der Waals surface area contributed by atoms with Crippen LogP contribution in [0.4, 0.5) is 5.69 Å². The lowest BCUT2D eigenvalue weighted by Gasteiger charge is -2.08. The van der Waals surface area contributed by atoms with Gasteiger partial charge in [-0.2, -0.15) is 0 Å². The fourth-order valence-electron chi connectivity index (χ4n) is 2.86. The smallest absolute Gasteiger partial charge is 0.379 e. The van der Waals surface area contributed by atoms with E-state index in [0.717, 1.165) is 16.5 Å². The van der Waals surface area contributed by atoms with Crippen molar-refractivity contribution in [3.05, 3.63) is 95.3 Å². The van der Waals surface area contributed by atoms with Crippen molar-refractivity contribution in [1.29, 1.82) is 0 Å². The Bertz CT molecular complexity index is 1160. The van der Waals surface area contributed by atoms with Crippen LogP contribution in [-0.2, 0) is 4.79 Å². The van der Waals surface area contributed by atoms with E-state index >= 15 is 0 Å². The van der Waals surface area contributed by atoms with Gasteiger partial charge in [0.05, 0.1) is 0 Å². The Labute approximate surface area is 161 Å². The molecule has 5 nitrogen and oxygen atoms in total. The van der Waals surface area contributed by atoms with Crippen molar-refractivity contribution >= 4 is 22.6 Å². The number of ether oxygens (including phenoxy) is 1. The van der Waals surface area contributed by atoms with Crippen LogP contribution in [0.5, 0.6) is 5.75 Å². The number of nitrogens with one attached hydrogen (secondary N) is 1. The summed E-state index contributed by atoms with van der Waals surface area (Å²) in [5.74, 6) is -0.353. The van der Waals surface area contributed by atoms with Gasteiger partial charge in [0.2, 0.25) is 5.75 Å². The molecule has 0 spiro atoms. The van der Waals surface area contributed by atoms with E-state index < -0.39 is 5.63 Å². The number of hydrogen-bond acceptors (Lipinski definition) is 4. The first-order valence-electron chi connectivity index (χ1n) is 8.80. The highest BCUT2D eigenvalue weighted by atomic mass is 16.5. The van der Waals surface area contributed by atoms with Crippen molar-refractivity contribution in [2.75, 3.05) is 11.9 Å². The zero-order valence-corrected chi connectivity index (χ0v) is 14.9. The van der Waals surface area contributed by atoms with Gasteiger partial charge in [0.25, 0.3) is 5.91 Å². The molecule has 28 heavy (non-hydrogen) atoms. The van der Waals surface area contributed by atoms with Crippen molar-refractivity contribution in [3.63, 3.8) is 0 Å². The lowest BCUT2D eigenvalue weighted by atomic mass is 10.1. The molecule has 1 N–H and O–H groups in total. The number of carbonyl (C=O) groups is 1. The number of hydrogen-bond donors (Lipinski definition) is 1. The topological polar surface area (TPSA) is 68.5 Å². The second-order valence-corrected chi connectivity index (χ2v) is 6.22. The van der Waals surface area contributed by atoms with Crippen molar-refractivity contribution in [2.45, 2.75) is 0 Å². The van der Waals surface area contributed by atoms with E-state index in [1.165, 1.54) is 0 Å². The molecule has 1 aromatic heterocycles. The quantitative estimate of drug-likeness (QED) is 0.525. The maximum atomic E-state index is 12.1. The normalized spacial score (nSPS) is 10.6. The van der Waals surface area contributed by atoms with Gasteiger partial charge in [-0.05, 0) is 35.4 Å². The summed E-state index contributed by atoms with van der Waals surface area (Å²) in [7, 11) is 0. The van der Waals surface area contributed by atoms with Gasteiger partial charge in [0.1, 0.15) is 5.58 Å². The Hall–Kier alpha value is -3.86. The summed E-state index contributed by atoms with van der Waals surface area (Å²) in [6, 6.07) is 26.2. The van der Waals surface area contributed by atoms with Crippen LogP contribution in [0, 0.1) is 0 Å². The van der Waals surface area contributed by atoms with Crippen LogP contribution < -0.4 is 15.7 Å². The number of para-hydroxylation sites is 1. The predicted molar refractivity (Wildman–Crippen MR) is 108 cm³/mol. The summed E-state index contributed by atoms with van der Waals surface area (Å²) in [5.41, 5.74) is 2.68. The third-order valence-electron chi connectivity index (χ3n) is 4.24. The van der Waals surface area contributed by atoms with Crippen LogP contribution in [0.25, 0.3) is 22.1 Å². The number of rotatable bonds is 5. The molecule has 0 fully saturated rings. The summed E-state index contributed by atoms with van der Waals surface area (Å²) >= 11 is 0. The van der Waals surface area contributed by atoms with Crippen LogP contribution in [0.1, 0.15) is 0 Å². The molecule has 4 aromatic rings. The molecule has 0 unspecified atom stereocenters. The summed E-state index contributed by atoms with van der Waals surface area (Å²) in [6.45, 7) is -0.288. The van der Waals surface area contributed by atoms with Gasteiger partial charge in [0, 0.05) is 11.1 Å². The number of benzene rings is 3. The number of anilines is 1. The average Bonchev–Trinajstić information content (AvgIpc) is 2.73. The van der Waals surface area contributed by atoms with E-state index in [4.69, 9.17) is 9.15 Å². The van der Waals surface area contributed by atoms with E-state index in [-0.39, 0.29) is 18.3 Å². The summed E-state index contributed by atoms with van der Waals surface area (Å²) in [5, 5.41) is 3.48. The largest absolute Gasteiger partial charge is 0.476 e. The number of carbonyl (C=O) groups excluding carboxylic acids is 1. The molecular formula is C23H17NO4. The first-order chi connectivity index (χ1) is 13.7. The van der Waals surface area contributed by atoms with Gasteiger partial charge in [-0.15, -0.1) is 0 Å². The fraction of sp³-hybridized carbons (Fsp3) is 0.0435. The SMILES string of the molecule is O=C(COc1cc2ccccc2oc1=O)Nc1ccc(-c2ccccc2)cc1. The Balaban J connectivity index is 1.40. The van der Waals surface area contributed by atoms with Gasteiger partial charge in [-0.25, -0.2) is 4.79 Å². The highest BCUT2D eigenvalue weighted by Crippen LogP contribution is 2.21. The lowest BCUT2D eigenvalue weighted by molar-refractivity contribution is -0.118. The van der Waals surface area contributed by atoms with Gasteiger partial charge in [0.15, 0.2) is 6.61 Å². The maximum absolute atomic E-state index is 12.1. The summed E-state index contributed by atoms with van der Waals surface area (Å²) in [6.07, 6.45) is 0. The molecule has 0 saturated carbocycles. The maximum Gasteiger partial charge on any atom is 0.379 e. The molecule has 0 aliphatic carbocycles. The molecule has 0 bridgehead atoms. The fourth-order valence-corrected chi connectivity index (χ4v) is 2.86. The number of fused-ring (bicyclic) bond motifs is 1. The number of amides is 1. The Morgan fingerprint density at radius 3 is 2.32 bits per heavy atom. The molecule has 4 rings (SSSR count). The molecular weight excluding hydrogens is 354 g/mol. The lowest BCUT2D eigenvalue weighted by Crippen LogP contribution is -2.22. The van der Waals surface area contributed by atoms with E-state index in [2.05, 4.69) is 5.32 Å². The Morgan fingerprint density at radius 1 is 0.857 bits per heavy atom. The first kappa shape index (κ1) is 17.5. The van der Waals surface area contributed by atoms with Gasteiger partial charge in [-0.3, -0.25) is 4.79 Å². The van der Waals surface area contributed by atoms with Gasteiger partial charge in [-0.1, -0.05) is 60.7 Å². The van der Waals surface area contributed by atoms with E-state index in [0.29, 0.717) is 11.3 Å². The van der Waals surface area contributed by atoms with Crippen LogP contribution >= 0.6 is 0 Å². The minimum atomic E-state index is -0.612. The molecule has 3 aromatic carbocycles. The molecule has 0 aliphatic rings.